The first-order valence-electron chi connectivity index (χ1n) is 7.66. The number of benzene rings is 1. The highest BCUT2D eigenvalue weighted by Crippen LogP contribution is 2.32. The number of fused-ring (bicyclic) bond motifs is 1. The molecule has 4 aromatic rings. The van der Waals surface area contributed by atoms with E-state index >= 15 is 0 Å². The van der Waals surface area contributed by atoms with Gasteiger partial charge in [0.25, 0.3) is 0 Å². The molecule has 0 saturated carbocycles. The van der Waals surface area contributed by atoms with E-state index in [0.717, 1.165) is 11.3 Å². The zero-order chi connectivity index (χ0) is 17.2. The van der Waals surface area contributed by atoms with Gasteiger partial charge in [0.05, 0.1) is 5.69 Å². The van der Waals surface area contributed by atoms with E-state index in [0.29, 0.717) is 29.7 Å². The highest BCUT2D eigenvalue weighted by Gasteiger charge is 2.19. The Labute approximate surface area is 142 Å². The van der Waals surface area contributed by atoms with Gasteiger partial charge in [0.1, 0.15) is 23.5 Å². The van der Waals surface area contributed by atoms with Gasteiger partial charge in [0, 0.05) is 24.5 Å². The van der Waals surface area contributed by atoms with Crippen LogP contribution in [0.15, 0.2) is 66.1 Å². The van der Waals surface area contributed by atoms with Gasteiger partial charge in [-0.05, 0) is 30.3 Å². The van der Waals surface area contributed by atoms with Gasteiger partial charge in [-0.15, -0.1) is 6.58 Å². The van der Waals surface area contributed by atoms with Crippen LogP contribution in [0.3, 0.4) is 0 Å². The van der Waals surface area contributed by atoms with Crippen LogP contribution in [0, 0.1) is 5.82 Å². The van der Waals surface area contributed by atoms with Gasteiger partial charge in [-0.3, -0.25) is 4.40 Å². The third-order valence-corrected chi connectivity index (χ3v) is 3.68. The lowest BCUT2D eigenvalue weighted by Gasteiger charge is -2.06. The fourth-order valence-electron chi connectivity index (χ4n) is 2.58. The Balaban J connectivity index is 1.88. The quantitative estimate of drug-likeness (QED) is 0.562. The SMILES string of the molecule is C=CCNc1nccc(-c2c(-c3ccc(F)cc3)nc3occn23)n1. The first-order chi connectivity index (χ1) is 12.3. The maximum absolute atomic E-state index is 13.3. The zero-order valence-corrected chi connectivity index (χ0v) is 13.2. The van der Waals surface area contributed by atoms with Crippen molar-refractivity contribution in [2.75, 3.05) is 11.9 Å². The number of aromatic nitrogens is 4. The molecule has 0 saturated heterocycles. The molecule has 0 spiro atoms. The Morgan fingerprint density at radius 1 is 1.20 bits per heavy atom. The molecular weight excluding hydrogens is 321 g/mol. The first kappa shape index (κ1) is 15.1. The van der Waals surface area contributed by atoms with Crippen molar-refractivity contribution in [3.05, 3.63) is 67.5 Å². The molecule has 1 N–H and O–H groups in total. The highest BCUT2D eigenvalue weighted by atomic mass is 19.1. The third-order valence-electron chi connectivity index (χ3n) is 3.68. The number of anilines is 1. The molecule has 124 valence electrons. The Morgan fingerprint density at radius 3 is 2.84 bits per heavy atom. The topological polar surface area (TPSA) is 68.2 Å². The third kappa shape index (κ3) is 2.76. The summed E-state index contributed by atoms with van der Waals surface area (Å²) in [5.41, 5.74) is 2.86. The predicted octanol–water partition coefficient (Wildman–Crippen LogP) is 3.79. The van der Waals surface area contributed by atoms with Crippen LogP contribution in [0.4, 0.5) is 10.3 Å². The van der Waals surface area contributed by atoms with Crippen LogP contribution in [-0.2, 0) is 0 Å². The number of imidazole rings is 1. The minimum Gasteiger partial charge on any atom is -0.432 e. The maximum atomic E-state index is 13.3. The van der Waals surface area contributed by atoms with Crippen LogP contribution < -0.4 is 5.32 Å². The van der Waals surface area contributed by atoms with Gasteiger partial charge in [-0.25, -0.2) is 14.4 Å². The fourth-order valence-corrected chi connectivity index (χ4v) is 2.58. The van der Waals surface area contributed by atoms with Gasteiger partial charge in [0.2, 0.25) is 5.95 Å². The van der Waals surface area contributed by atoms with E-state index in [4.69, 9.17) is 4.42 Å². The van der Waals surface area contributed by atoms with Crippen LogP contribution in [0.25, 0.3) is 28.5 Å². The van der Waals surface area contributed by atoms with Crippen molar-refractivity contribution in [3.63, 3.8) is 0 Å². The second-order valence-corrected chi connectivity index (χ2v) is 5.31. The summed E-state index contributed by atoms with van der Waals surface area (Å²) >= 11 is 0. The molecule has 0 radical (unpaired) electrons. The van der Waals surface area contributed by atoms with Crippen molar-refractivity contribution in [3.8, 4) is 22.6 Å². The van der Waals surface area contributed by atoms with E-state index in [9.17, 15) is 4.39 Å². The molecule has 1 aromatic carbocycles. The average Bonchev–Trinajstić information content (AvgIpc) is 3.22. The summed E-state index contributed by atoms with van der Waals surface area (Å²) in [5, 5.41) is 3.06. The van der Waals surface area contributed by atoms with Gasteiger partial charge in [0.15, 0.2) is 0 Å². The van der Waals surface area contributed by atoms with Crippen molar-refractivity contribution < 1.29 is 8.81 Å². The van der Waals surface area contributed by atoms with Gasteiger partial charge in [-0.2, -0.15) is 4.98 Å². The average molecular weight is 335 g/mol. The molecule has 0 aliphatic rings. The van der Waals surface area contributed by atoms with Gasteiger partial charge < -0.3 is 9.73 Å². The van der Waals surface area contributed by atoms with E-state index in [2.05, 4.69) is 26.8 Å². The Morgan fingerprint density at radius 2 is 2.04 bits per heavy atom. The van der Waals surface area contributed by atoms with Crippen molar-refractivity contribution in [2.45, 2.75) is 0 Å². The Hall–Kier alpha value is -3.48. The van der Waals surface area contributed by atoms with Gasteiger partial charge >= 0.3 is 5.84 Å². The highest BCUT2D eigenvalue weighted by molar-refractivity contribution is 5.79. The van der Waals surface area contributed by atoms with Crippen LogP contribution >= 0.6 is 0 Å². The molecule has 0 atom stereocenters. The molecule has 4 rings (SSSR count). The number of hydrogen-bond donors (Lipinski definition) is 1. The molecule has 25 heavy (non-hydrogen) atoms. The van der Waals surface area contributed by atoms with Crippen LogP contribution in [0.1, 0.15) is 0 Å². The smallest absolute Gasteiger partial charge is 0.306 e. The molecule has 3 aromatic heterocycles. The summed E-state index contributed by atoms with van der Waals surface area (Å²) in [4.78, 5) is 13.3. The van der Waals surface area contributed by atoms with Crippen molar-refractivity contribution in [2.24, 2.45) is 0 Å². The normalized spacial score (nSPS) is 10.9. The van der Waals surface area contributed by atoms with E-state index in [1.807, 2.05) is 0 Å². The fraction of sp³-hybridized carbons (Fsp3) is 0.0556. The Bertz CT molecular complexity index is 1040. The zero-order valence-electron chi connectivity index (χ0n) is 13.2. The maximum Gasteiger partial charge on any atom is 0.306 e. The van der Waals surface area contributed by atoms with E-state index in [-0.39, 0.29) is 5.82 Å². The minimum atomic E-state index is -0.300. The summed E-state index contributed by atoms with van der Waals surface area (Å²) in [6.07, 6.45) is 6.72. The second kappa shape index (κ2) is 6.20. The molecule has 3 heterocycles. The molecule has 0 bridgehead atoms. The van der Waals surface area contributed by atoms with Crippen molar-refractivity contribution in [1.82, 2.24) is 19.4 Å². The van der Waals surface area contributed by atoms with Gasteiger partial charge in [-0.1, -0.05) is 6.08 Å². The number of nitrogens with one attached hydrogen (secondary N) is 1. The number of oxazole rings is 1. The van der Waals surface area contributed by atoms with Crippen LogP contribution in [-0.4, -0.2) is 25.9 Å². The summed E-state index contributed by atoms with van der Waals surface area (Å²) in [5.74, 6) is 0.626. The molecule has 0 aliphatic heterocycles. The lowest BCUT2D eigenvalue weighted by molar-refractivity contribution is 0.596. The lowest BCUT2D eigenvalue weighted by Crippen LogP contribution is -2.03. The van der Waals surface area contributed by atoms with E-state index in [1.54, 1.807) is 47.3 Å². The summed E-state index contributed by atoms with van der Waals surface area (Å²) in [7, 11) is 0. The number of halogens is 1. The molecule has 0 amide bonds. The molecule has 7 heteroatoms. The minimum absolute atomic E-state index is 0.300. The second-order valence-electron chi connectivity index (χ2n) is 5.31. The summed E-state index contributed by atoms with van der Waals surface area (Å²) < 4.78 is 20.5. The standard InChI is InChI=1S/C18H14FN5O/c1-2-8-20-17-21-9-7-14(22-17)16-15(12-3-5-13(19)6-4-12)23-18-24(16)10-11-25-18/h2-7,9-11H,1,8H2,(H,20,21,22). The molecule has 0 unspecified atom stereocenters. The molecule has 0 fully saturated rings. The lowest BCUT2D eigenvalue weighted by atomic mass is 10.1. The number of nitrogens with zero attached hydrogens (tertiary/aromatic N) is 4. The number of rotatable bonds is 5. The van der Waals surface area contributed by atoms with Crippen LogP contribution in [0.5, 0.6) is 0 Å². The first-order valence-corrected chi connectivity index (χ1v) is 7.66. The summed E-state index contributed by atoms with van der Waals surface area (Å²) in [6.45, 7) is 4.23. The largest absolute Gasteiger partial charge is 0.432 e. The Kier molecular flexibility index (Phi) is 3.74. The summed E-state index contributed by atoms with van der Waals surface area (Å²) in [6, 6.07) is 7.95. The molecule has 0 aliphatic carbocycles. The van der Waals surface area contributed by atoms with E-state index < -0.39 is 0 Å². The van der Waals surface area contributed by atoms with E-state index in [1.165, 1.54) is 12.1 Å². The van der Waals surface area contributed by atoms with Crippen molar-refractivity contribution >= 4 is 11.8 Å². The van der Waals surface area contributed by atoms with Crippen molar-refractivity contribution in [1.29, 1.82) is 0 Å². The molecule has 6 nitrogen and oxygen atoms in total. The monoisotopic (exact) mass is 335 g/mol. The van der Waals surface area contributed by atoms with Crippen LogP contribution in [0.2, 0.25) is 0 Å². The number of hydrogen-bond acceptors (Lipinski definition) is 5. The predicted molar refractivity (Wildman–Crippen MR) is 92.6 cm³/mol. The molecular formula is C18H14FN5O.